The van der Waals surface area contributed by atoms with E-state index in [1.807, 2.05) is 4.90 Å². The molecule has 1 atom stereocenters. The quantitative estimate of drug-likeness (QED) is 0.581. The number of thiocarbonyl (C=S) groups is 1. The molecule has 3 heteroatoms. The molecule has 0 spiro atoms. The molecule has 0 aromatic carbocycles. The standard InChI is InChI=1S/C7H15N2S/c1-4-9(5-2)7(10)6(3)8/h6,8H,4-5H2,1-3H3. The van der Waals surface area contributed by atoms with Crippen LogP contribution in [0.1, 0.15) is 20.8 Å². The van der Waals surface area contributed by atoms with Crippen LogP contribution in [-0.4, -0.2) is 29.0 Å². The van der Waals surface area contributed by atoms with E-state index in [1.165, 1.54) is 0 Å². The van der Waals surface area contributed by atoms with Crippen LogP contribution in [0.4, 0.5) is 0 Å². The van der Waals surface area contributed by atoms with Crippen molar-refractivity contribution in [3.05, 3.63) is 0 Å². The molecule has 59 valence electrons. The molecule has 0 aliphatic heterocycles. The zero-order valence-electron chi connectivity index (χ0n) is 6.85. The van der Waals surface area contributed by atoms with Crippen LogP contribution in [0.5, 0.6) is 0 Å². The third kappa shape index (κ3) is 2.62. The highest BCUT2D eigenvalue weighted by Gasteiger charge is 2.08. The average molecular weight is 159 g/mol. The predicted octanol–water partition coefficient (Wildman–Crippen LogP) is 1.33. The molecule has 2 nitrogen and oxygen atoms in total. The lowest BCUT2D eigenvalue weighted by molar-refractivity contribution is 0.458. The summed E-state index contributed by atoms with van der Waals surface area (Å²) < 4.78 is 0. The van der Waals surface area contributed by atoms with Gasteiger partial charge in [0.1, 0.15) is 0 Å². The van der Waals surface area contributed by atoms with E-state index in [0.717, 1.165) is 18.1 Å². The van der Waals surface area contributed by atoms with Crippen molar-refractivity contribution in [2.75, 3.05) is 13.1 Å². The number of hydrogen-bond acceptors (Lipinski definition) is 1. The number of rotatable bonds is 3. The molecular weight excluding hydrogens is 144 g/mol. The van der Waals surface area contributed by atoms with Crippen LogP contribution in [-0.2, 0) is 0 Å². The predicted molar refractivity (Wildman–Crippen MR) is 48.1 cm³/mol. The summed E-state index contributed by atoms with van der Waals surface area (Å²) in [6.45, 7) is 7.74. The Kier molecular flexibility index (Phi) is 4.56. The van der Waals surface area contributed by atoms with Crippen molar-refractivity contribution in [2.45, 2.75) is 26.8 Å². The Morgan fingerprint density at radius 3 is 2.00 bits per heavy atom. The lowest BCUT2D eigenvalue weighted by Crippen LogP contribution is -2.36. The molecule has 0 heterocycles. The van der Waals surface area contributed by atoms with Gasteiger partial charge >= 0.3 is 0 Å². The Morgan fingerprint density at radius 1 is 1.50 bits per heavy atom. The molecule has 1 N–H and O–H groups in total. The molecule has 0 aliphatic rings. The largest absolute Gasteiger partial charge is 0.365 e. The fourth-order valence-electron chi connectivity index (χ4n) is 0.809. The van der Waals surface area contributed by atoms with Crippen LogP contribution in [0.25, 0.3) is 0 Å². The van der Waals surface area contributed by atoms with Gasteiger partial charge in [-0.15, -0.1) is 0 Å². The number of nitrogens with one attached hydrogen (secondary N) is 1. The van der Waals surface area contributed by atoms with Gasteiger partial charge in [0.25, 0.3) is 0 Å². The molecule has 0 amide bonds. The third-order valence-electron chi connectivity index (χ3n) is 1.45. The van der Waals surface area contributed by atoms with E-state index in [2.05, 4.69) is 13.8 Å². The normalized spacial score (nSPS) is 12.8. The zero-order valence-corrected chi connectivity index (χ0v) is 7.66. The lowest BCUT2D eigenvalue weighted by atomic mass is 10.3. The van der Waals surface area contributed by atoms with Gasteiger partial charge in [0.05, 0.1) is 11.0 Å². The van der Waals surface area contributed by atoms with Gasteiger partial charge in [-0.25, -0.2) is 5.73 Å². The molecule has 0 saturated heterocycles. The Bertz CT molecular complexity index is 108. The number of nitrogens with zero attached hydrogens (tertiary/aromatic N) is 1. The maximum Gasteiger partial charge on any atom is 0.0962 e. The summed E-state index contributed by atoms with van der Waals surface area (Å²) in [5, 5.41) is 0. The van der Waals surface area contributed by atoms with Gasteiger partial charge in [-0.2, -0.15) is 0 Å². The molecule has 0 saturated carbocycles. The van der Waals surface area contributed by atoms with E-state index < -0.39 is 0 Å². The molecule has 0 fully saturated rings. The van der Waals surface area contributed by atoms with Gasteiger partial charge < -0.3 is 4.90 Å². The van der Waals surface area contributed by atoms with E-state index in [-0.39, 0.29) is 6.04 Å². The molecule has 0 rings (SSSR count). The van der Waals surface area contributed by atoms with Crippen molar-refractivity contribution >= 4 is 17.2 Å². The maximum atomic E-state index is 7.34. The first-order valence-electron chi connectivity index (χ1n) is 3.63. The Morgan fingerprint density at radius 2 is 1.90 bits per heavy atom. The minimum atomic E-state index is -0.241. The van der Waals surface area contributed by atoms with Crippen molar-refractivity contribution in [2.24, 2.45) is 0 Å². The monoisotopic (exact) mass is 159 g/mol. The summed E-state index contributed by atoms with van der Waals surface area (Å²) >= 11 is 5.04. The molecule has 10 heavy (non-hydrogen) atoms. The summed E-state index contributed by atoms with van der Waals surface area (Å²) in [5.74, 6) is 0. The van der Waals surface area contributed by atoms with E-state index >= 15 is 0 Å². The molecule has 1 radical (unpaired) electrons. The topological polar surface area (TPSA) is 27.0 Å². The fraction of sp³-hybridized carbons (Fsp3) is 0.857. The first kappa shape index (κ1) is 9.85. The highest BCUT2D eigenvalue weighted by molar-refractivity contribution is 7.80. The first-order chi connectivity index (χ1) is 4.63. The minimum absolute atomic E-state index is 0.241. The highest BCUT2D eigenvalue weighted by Crippen LogP contribution is 1.95. The van der Waals surface area contributed by atoms with Gasteiger partial charge in [-0.1, -0.05) is 12.2 Å². The Hall–Kier alpha value is -0.150. The SMILES string of the molecule is CCN(CC)C(=S)C(C)[NH]. The molecule has 0 aromatic heterocycles. The van der Waals surface area contributed by atoms with Crippen molar-refractivity contribution in [1.29, 1.82) is 0 Å². The van der Waals surface area contributed by atoms with Gasteiger partial charge in [-0.3, -0.25) is 0 Å². The molecular formula is C7H15N2S. The Balaban J connectivity index is 3.89. The van der Waals surface area contributed by atoms with Crippen LogP contribution in [0.15, 0.2) is 0 Å². The summed E-state index contributed by atoms with van der Waals surface area (Å²) in [6.07, 6.45) is 0. The van der Waals surface area contributed by atoms with Crippen molar-refractivity contribution in [3.8, 4) is 0 Å². The summed E-state index contributed by atoms with van der Waals surface area (Å²) in [5.41, 5.74) is 7.34. The van der Waals surface area contributed by atoms with Gasteiger partial charge in [0, 0.05) is 13.1 Å². The first-order valence-corrected chi connectivity index (χ1v) is 4.04. The van der Waals surface area contributed by atoms with E-state index in [1.54, 1.807) is 6.92 Å². The van der Waals surface area contributed by atoms with E-state index in [4.69, 9.17) is 18.0 Å². The van der Waals surface area contributed by atoms with Gasteiger partial charge in [0.15, 0.2) is 0 Å². The summed E-state index contributed by atoms with van der Waals surface area (Å²) in [7, 11) is 0. The van der Waals surface area contributed by atoms with E-state index in [9.17, 15) is 0 Å². The second kappa shape index (κ2) is 4.63. The molecule has 1 unspecified atom stereocenters. The second-order valence-electron chi connectivity index (χ2n) is 2.23. The van der Waals surface area contributed by atoms with Crippen LogP contribution in [0, 0.1) is 0 Å². The maximum absolute atomic E-state index is 7.34. The number of likely N-dealkylation sites (N-methyl/N-ethyl adjacent to an activating group) is 1. The third-order valence-corrected chi connectivity index (χ3v) is 2.06. The fourth-order valence-corrected chi connectivity index (χ4v) is 1.07. The van der Waals surface area contributed by atoms with E-state index in [0.29, 0.717) is 0 Å². The minimum Gasteiger partial charge on any atom is -0.365 e. The van der Waals surface area contributed by atoms with Crippen LogP contribution < -0.4 is 5.73 Å². The average Bonchev–Trinajstić information content (AvgIpc) is 1.90. The zero-order chi connectivity index (χ0) is 8.15. The van der Waals surface area contributed by atoms with Crippen LogP contribution >= 0.6 is 12.2 Å². The number of hydrogen-bond donors (Lipinski definition) is 0. The van der Waals surface area contributed by atoms with Gasteiger partial charge in [0.2, 0.25) is 0 Å². The van der Waals surface area contributed by atoms with Crippen molar-refractivity contribution in [1.82, 2.24) is 10.6 Å². The molecule has 0 bridgehead atoms. The summed E-state index contributed by atoms with van der Waals surface area (Å²) in [6, 6.07) is -0.241. The molecule has 0 aromatic rings. The van der Waals surface area contributed by atoms with Crippen LogP contribution in [0.2, 0.25) is 0 Å². The van der Waals surface area contributed by atoms with Crippen molar-refractivity contribution in [3.63, 3.8) is 0 Å². The highest BCUT2D eigenvalue weighted by atomic mass is 32.1. The molecule has 0 aliphatic carbocycles. The van der Waals surface area contributed by atoms with Crippen molar-refractivity contribution < 1.29 is 0 Å². The van der Waals surface area contributed by atoms with Crippen LogP contribution in [0.3, 0.4) is 0 Å². The Labute approximate surface area is 68.4 Å². The summed E-state index contributed by atoms with van der Waals surface area (Å²) in [4.78, 5) is 2.79. The lowest BCUT2D eigenvalue weighted by Gasteiger charge is -2.23. The van der Waals surface area contributed by atoms with Gasteiger partial charge in [-0.05, 0) is 20.8 Å². The second-order valence-corrected chi connectivity index (χ2v) is 2.65. The smallest absolute Gasteiger partial charge is 0.0962 e.